The lowest BCUT2D eigenvalue weighted by Gasteiger charge is -2.15. The number of aryl methyl sites for hydroxylation is 2. The van der Waals surface area contributed by atoms with Gasteiger partial charge in [0.15, 0.2) is 5.75 Å². The van der Waals surface area contributed by atoms with Crippen LogP contribution in [0.4, 0.5) is 0 Å². The molecular weight excluding hydrogens is 355 g/mol. The van der Waals surface area contributed by atoms with Crippen LogP contribution in [0.5, 0.6) is 11.8 Å². The first-order chi connectivity index (χ1) is 12.0. The smallest absolute Gasteiger partial charge is 0.302 e. The van der Waals surface area contributed by atoms with Gasteiger partial charge in [-0.2, -0.15) is 4.98 Å². The molecule has 2 aromatic carbocycles. The minimum atomic E-state index is 0.463. The fourth-order valence-corrected chi connectivity index (χ4v) is 3.74. The summed E-state index contributed by atoms with van der Waals surface area (Å²) in [4.78, 5) is 4.65. The Morgan fingerprint density at radius 3 is 2.44 bits per heavy atom. The Morgan fingerprint density at radius 1 is 1.08 bits per heavy atom. The van der Waals surface area contributed by atoms with Gasteiger partial charge in [0.1, 0.15) is 5.52 Å². The van der Waals surface area contributed by atoms with E-state index in [0.29, 0.717) is 27.7 Å². The highest BCUT2D eigenvalue weighted by Crippen LogP contribution is 2.38. The van der Waals surface area contributed by atoms with Crippen LogP contribution in [0.3, 0.4) is 0 Å². The van der Waals surface area contributed by atoms with Crippen LogP contribution in [0.15, 0.2) is 30.3 Å². The highest BCUT2D eigenvalue weighted by atomic mass is 35.5. The van der Waals surface area contributed by atoms with Crippen LogP contribution < -0.4 is 4.74 Å². The van der Waals surface area contributed by atoms with Crippen LogP contribution in [0.25, 0.3) is 11.0 Å². The van der Waals surface area contributed by atoms with Crippen molar-refractivity contribution in [1.82, 2.24) is 9.55 Å². The second kappa shape index (κ2) is 7.27. The number of nitrogens with zero attached hydrogens (tertiary/aromatic N) is 2. The minimum Gasteiger partial charge on any atom is -0.424 e. The number of rotatable bonds is 5. The molecule has 0 aliphatic rings. The highest BCUT2D eigenvalue weighted by molar-refractivity contribution is 6.35. The third-order valence-electron chi connectivity index (χ3n) is 4.75. The molecular formula is C20H22Cl2N2O. The average molecular weight is 377 g/mol. The normalized spacial score (nSPS) is 11.5. The standard InChI is InChI=1S/C20H22Cl2N2O/c1-5-13(6-2)14-10-11-15(21)17-18(14)24(4)20(23-17)25-19-12(3)8-7-9-16(19)22/h7-11,13H,5-6H2,1-4H3. The van der Waals surface area contributed by atoms with Gasteiger partial charge < -0.3 is 4.74 Å². The number of halogens is 2. The molecule has 5 heteroatoms. The molecule has 3 aromatic rings. The second-order valence-electron chi connectivity index (χ2n) is 6.29. The number of aromatic nitrogens is 2. The van der Waals surface area contributed by atoms with Crippen LogP contribution in [0, 0.1) is 6.92 Å². The lowest BCUT2D eigenvalue weighted by Crippen LogP contribution is -2.01. The molecule has 1 heterocycles. The zero-order valence-electron chi connectivity index (χ0n) is 14.9. The van der Waals surface area contributed by atoms with Gasteiger partial charge in [0.05, 0.1) is 15.6 Å². The molecule has 0 N–H and O–H groups in total. The first-order valence-electron chi connectivity index (χ1n) is 8.55. The molecule has 1 aromatic heterocycles. The third kappa shape index (κ3) is 3.23. The van der Waals surface area contributed by atoms with Crippen LogP contribution in [0.1, 0.15) is 43.7 Å². The van der Waals surface area contributed by atoms with Gasteiger partial charge in [-0.25, -0.2) is 0 Å². The van der Waals surface area contributed by atoms with E-state index in [1.54, 1.807) is 0 Å². The summed E-state index contributed by atoms with van der Waals surface area (Å²) < 4.78 is 8.04. The molecule has 132 valence electrons. The van der Waals surface area contributed by atoms with Crippen LogP contribution in [-0.2, 0) is 7.05 Å². The van der Waals surface area contributed by atoms with Crippen molar-refractivity contribution in [2.24, 2.45) is 7.05 Å². The first-order valence-corrected chi connectivity index (χ1v) is 9.31. The number of benzene rings is 2. The van der Waals surface area contributed by atoms with E-state index in [2.05, 4.69) is 24.9 Å². The number of imidazole rings is 1. The summed E-state index contributed by atoms with van der Waals surface area (Å²) >= 11 is 12.7. The largest absolute Gasteiger partial charge is 0.424 e. The molecule has 0 fully saturated rings. The Labute approximate surface area is 158 Å². The molecule has 0 spiro atoms. The molecule has 0 unspecified atom stereocenters. The number of ether oxygens (including phenoxy) is 1. The predicted molar refractivity (Wildman–Crippen MR) is 105 cm³/mol. The highest BCUT2D eigenvalue weighted by Gasteiger charge is 2.20. The van der Waals surface area contributed by atoms with Gasteiger partial charge >= 0.3 is 6.01 Å². The first kappa shape index (κ1) is 18.1. The van der Waals surface area contributed by atoms with Crippen LogP contribution in [-0.4, -0.2) is 9.55 Å². The van der Waals surface area contributed by atoms with Gasteiger partial charge in [0.25, 0.3) is 0 Å². The Balaban J connectivity index is 2.17. The molecule has 0 saturated carbocycles. The molecule has 0 aliphatic heterocycles. The molecule has 0 aliphatic carbocycles. The molecule has 0 atom stereocenters. The maximum atomic E-state index is 6.41. The summed E-state index contributed by atoms with van der Waals surface area (Å²) in [5.74, 6) is 1.09. The van der Waals surface area contributed by atoms with Crippen molar-refractivity contribution < 1.29 is 4.74 Å². The fraction of sp³-hybridized carbons (Fsp3) is 0.350. The van der Waals surface area contributed by atoms with E-state index in [9.17, 15) is 0 Å². The molecule has 0 bridgehead atoms. The Hall–Kier alpha value is -1.71. The van der Waals surface area contributed by atoms with Crippen molar-refractivity contribution in [1.29, 1.82) is 0 Å². The Morgan fingerprint density at radius 2 is 1.80 bits per heavy atom. The van der Waals surface area contributed by atoms with Crippen LogP contribution >= 0.6 is 23.2 Å². The van der Waals surface area contributed by atoms with Gasteiger partial charge in [-0.15, -0.1) is 0 Å². The third-order valence-corrected chi connectivity index (χ3v) is 5.35. The topological polar surface area (TPSA) is 27.1 Å². The van der Waals surface area contributed by atoms with Gasteiger partial charge in [-0.05, 0) is 48.9 Å². The number of fused-ring (bicyclic) bond motifs is 1. The maximum Gasteiger partial charge on any atom is 0.302 e. The summed E-state index contributed by atoms with van der Waals surface area (Å²) in [6.45, 7) is 6.37. The van der Waals surface area contributed by atoms with Crippen molar-refractivity contribution in [2.75, 3.05) is 0 Å². The van der Waals surface area contributed by atoms with E-state index in [1.165, 1.54) is 5.56 Å². The second-order valence-corrected chi connectivity index (χ2v) is 7.10. The summed E-state index contributed by atoms with van der Waals surface area (Å²) in [5, 5.41) is 1.20. The quantitative estimate of drug-likeness (QED) is 0.484. The lowest BCUT2D eigenvalue weighted by atomic mass is 9.93. The predicted octanol–water partition coefficient (Wildman–Crippen LogP) is 6.88. The zero-order chi connectivity index (χ0) is 18.1. The van der Waals surface area contributed by atoms with Crippen molar-refractivity contribution in [2.45, 2.75) is 39.5 Å². The van der Waals surface area contributed by atoms with Gasteiger partial charge in [-0.1, -0.05) is 55.2 Å². The van der Waals surface area contributed by atoms with E-state index in [-0.39, 0.29) is 0 Å². The van der Waals surface area contributed by atoms with E-state index in [4.69, 9.17) is 27.9 Å². The fourth-order valence-electron chi connectivity index (χ4n) is 3.28. The van der Waals surface area contributed by atoms with Crippen molar-refractivity contribution in [3.63, 3.8) is 0 Å². The van der Waals surface area contributed by atoms with Crippen molar-refractivity contribution in [3.05, 3.63) is 51.5 Å². The lowest BCUT2D eigenvalue weighted by molar-refractivity contribution is 0.425. The maximum absolute atomic E-state index is 6.41. The van der Waals surface area contributed by atoms with E-state index < -0.39 is 0 Å². The number of hydrogen-bond donors (Lipinski definition) is 0. The summed E-state index contributed by atoms with van der Waals surface area (Å²) in [5.41, 5.74) is 4.02. The summed E-state index contributed by atoms with van der Waals surface area (Å²) in [6, 6.07) is 10.2. The summed E-state index contributed by atoms with van der Waals surface area (Å²) in [7, 11) is 1.96. The average Bonchev–Trinajstić information content (AvgIpc) is 2.92. The van der Waals surface area contributed by atoms with Gasteiger partial charge in [0, 0.05) is 7.05 Å². The van der Waals surface area contributed by atoms with E-state index >= 15 is 0 Å². The minimum absolute atomic E-state index is 0.463. The number of hydrogen-bond acceptors (Lipinski definition) is 2. The SMILES string of the molecule is CCC(CC)c1ccc(Cl)c2nc(Oc3c(C)cccc3Cl)n(C)c12. The monoisotopic (exact) mass is 376 g/mol. The van der Waals surface area contributed by atoms with E-state index in [1.807, 2.05) is 42.8 Å². The molecule has 25 heavy (non-hydrogen) atoms. The Bertz CT molecular complexity index is 893. The Kier molecular flexibility index (Phi) is 5.26. The molecule has 0 saturated heterocycles. The van der Waals surface area contributed by atoms with Crippen molar-refractivity contribution >= 4 is 34.2 Å². The molecule has 0 amide bonds. The number of para-hydroxylation sites is 1. The van der Waals surface area contributed by atoms with Crippen LogP contribution in [0.2, 0.25) is 10.0 Å². The molecule has 3 rings (SSSR count). The molecule has 0 radical (unpaired) electrons. The summed E-state index contributed by atoms with van der Waals surface area (Å²) in [6.07, 6.45) is 2.14. The van der Waals surface area contributed by atoms with Crippen molar-refractivity contribution in [3.8, 4) is 11.8 Å². The van der Waals surface area contributed by atoms with E-state index in [0.717, 1.165) is 29.4 Å². The van der Waals surface area contributed by atoms with Gasteiger partial charge in [0.2, 0.25) is 0 Å². The van der Waals surface area contributed by atoms with Gasteiger partial charge in [-0.3, -0.25) is 4.57 Å². The zero-order valence-corrected chi connectivity index (χ0v) is 16.4. The molecule has 3 nitrogen and oxygen atoms in total.